The summed E-state index contributed by atoms with van der Waals surface area (Å²) in [4.78, 5) is 72.9. The van der Waals surface area contributed by atoms with Crippen molar-refractivity contribution in [3.63, 3.8) is 0 Å². The standard InChI is InChI=1S/C79H154O17P2/c1-69(2)55-47-39-31-25-19-14-10-9-11-16-22-29-35-45-53-61-78(83)95-74(65-89-76(81)59-51-43-34-28-24-18-21-27-33-41-49-57-71(5)6)67-93-97(85,86)91-63-73(80)64-92-98(87,88)94-68-75(66-90-77(82)60-52-44-38-37-42-50-58-72(7)8)96-79(84)62-54-46-36-30-23-17-13-12-15-20-26-32-40-48-56-70(3)4/h69-75,80H,9-68H2,1-8H3,(H,85,86)(H,87,88)/t73?,74-,75-/m1/s1. The topological polar surface area (TPSA) is 237 Å². The number of phosphoric acid groups is 2. The van der Waals surface area contributed by atoms with Gasteiger partial charge >= 0.3 is 39.5 Å². The lowest BCUT2D eigenvalue weighted by Gasteiger charge is -2.21. The van der Waals surface area contributed by atoms with E-state index < -0.39 is 97.5 Å². The lowest BCUT2D eigenvalue weighted by atomic mass is 10.0. The normalized spacial score (nSPS) is 14.1. The molecule has 17 nitrogen and oxygen atoms in total. The first-order chi connectivity index (χ1) is 47.1. The molecule has 5 atom stereocenters. The van der Waals surface area contributed by atoms with Crippen LogP contribution in [0.15, 0.2) is 0 Å². The number of hydrogen-bond donors (Lipinski definition) is 3. The molecule has 0 aromatic heterocycles. The third-order valence-corrected chi connectivity index (χ3v) is 20.2. The molecule has 0 bridgehead atoms. The van der Waals surface area contributed by atoms with Crippen molar-refractivity contribution in [1.82, 2.24) is 0 Å². The second-order valence-electron chi connectivity index (χ2n) is 30.4. The highest BCUT2D eigenvalue weighted by molar-refractivity contribution is 7.47. The zero-order chi connectivity index (χ0) is 72.4. The number of carbonyl (C=O) groups is 4. The summed E-state index contributed by atoms with van der Waals surface area (Å²) in [7, 11) is -9.92. The third kappa shape index (κ3) is 72.4. The van der Waals surface area contributed by atoms with Crippen LogP contribution in [0.2, 0.25) is 0 Å². The molecule has 0 fully saturated rings. The van der Waals surface area contributed by atoms with Crippen LogP contribution in [0.5, 0.6) is 0 Å². The second-order valence-corrected chi connectivity index (χ2v) is 33.3. The molecule has 0 aromatic carbocycles. The lowest BCUT2D eigenvalue weighted by Crippen LogP contribution is -2.30. The fraction of sp³-hybridized carbons (Fsp3) is 0.949. The Morgan fingerprint density at radius 2 is 0.429 bits per heavy atom. The minimum atomic E-state index is -4.96. The van der Waals surface area contributed by atoms with Crippen molar-refractivity contribution in [3.05, 3.63) is 0 Å². The summed E-state index contributed by atoms with van der Waals surface area (Å²) >= 11 is 0. The molecule has 0 radical (unpaired) electrons. The summed E-state index contributed by atoms with van der Waals surface area (Å²) in [6.07, 6.45) is 54.2. The highest BCUT2D eigenvalue weighted by atomic mass is 31.2. The van der Waals surface area contributed by atoms with Crippen LogP contribution in [0.1, 0.15) is 402 Å². The molecule has 0 heterocycles. The van der Waals surface area contributed by atoms with Crippen molar-refractivity contribution in [2.24, 2.45) is 23.7 Å². The molecule has 0 aromatic rings. The Kier molecular flexibility index (Phi) is 66.8. The van der Waals surface area contributed by atoms with Crippen LogP contribution in [-0.4, -0.2) is 96.7 Å². The minimum absolute atomic E-state index is 0.106. The minimum Gasteiger partial charge on any atom is -0.462 e. The molecule has 0 saturated carbocycles. The first-order valence-corrected chi connectivity index (χ1v) is 43.7. The molecule has 19 heteroatoms. The van der Waals surface area contributed by atoms with Crippen molar-refractivity contribution in [2.75, 3.05) is 39.6 Å². The van der Waals surface area contributed by atoms with Gasteiger partial charge in [-0.15, -0.1) is 0 Å². The number of hydrogen-bond acceptors (Lipinski definition) is 15. The van der Waals surface area contributed by atoms with Gasteiger partial charge in [-0.25, -0.2) is 9.13 Å². The molecular weight excluding hydrogens is 1280 g/mol. The van der Waals surface area contributed by atoms with Crippen molar-refractivity contribution < 1.29 is 80.2 Å². The molecule has 3 unspecified atom stereocenters. The predicted octanol–water partition coefficient (Wildman–Crippen LogP) is 23.2. The molecule has 3 N–H and O–H groups in total. The zero-order valence-corrected chi connectivity index (χ0v) is 66.2. The van der Waals surface area contributed by atoms with E-state index in [9.17, 15) is 43.2 Å². The second kappa shape index (κ2) is 68.2. The summed E-state index contributed by atoms with van der Waals surface area (Å²) in [5.74, 6) is 0.930. The number of aliphatic hydroxyl groups excluding tert-OH is 1. The van der Waals surface area contributed by atoms with Gasteiger partial charge in [-0.1, -0.05) is 351 Å². The lowest BCUT2D eigenvalue weighted by molar-refractivity contribution is -0.161. The number of phosphoric ester groups is 2. The fourth-order valence-electron chi connectivity index (χ4n) is 12.1. The molecule has 0 saturated heterocycles. The van der Waals surface area contributed by atoms with E-state index in [1.165, 1.54) is 199 Å². The first-order valence-electron chi connectivity index (χ1n) is 40.7. The van der Waals surface area contributed by atoms with Crippen molar-refractivity contribution >= 4 is 39.5 Å². The van der Waals surface area contributed by atoms with Gasteiger partial charge in [0.2, 0.25) is 0 Å². The number of ether oxygens (including phenoxy) is 4. The molecule has 0 spiro atoms. The average Bonchev–Trinajstić information content (AvgIpc) is 0.971. The van der Waals surface area contributed by atoms with Crippen LogP contribution in [0.25, 0.3) is 0 Å². The van der Waals surface area contributed by atoms with Crippen LogP contribution < -0.4 is 0 Å². The van der Waals surface area contributed by atoms with Crippen LogP contribution in [0.3, 0.4) is 0 Å². The van der Waals surface area contributed by atoms with Crippen molar-refractivity contribution in [1.29, 1.82) is 0 Å². The van der Waals surface area contributed by atoms with Gasteiger partial charge in [0.25, 0.3) is 0 Å². The van der Waals surface area contributed by atoms with Gasteiger partial charge in [0, 0.05) is 25.7 Å². The monoisotopic (exact) mass is 1440 g/mol. The molecule has 582 valence electrons. The van der Waals surface area contributed by atoms with Gasteiger partial charge in [-0.2, -0.15) is 0 Å². The van der Waals surface area contributed by atoms with E-state index in [0.29, 0.717) is 31.6 Å². The molecule has 0 aliphatic heterocycles. The van der Waals surface area contributed by atoms with Crippen molar-refractivity contribution in [3.8, 4) is 0 Å². The Labute approximate surface area is 600 Å². The fourth-order valence-corrected chi connectivity index (χ4v) is 13.7. The van der Waals surface area contributed by atoms with Gasteiger partial charge in [0.15, 0.2) is 12.2 Å². The maximum atomic E-state index is 13.1. The van der Waals surface area contributed by atoms with Gasteiger partial charge in [-0.3, -0.25) is 37.3 Å². The van der Waals surface area contributed by atoms with E-state index in [4.69, 9.17) is 37.0 Å². The van der Waals surface area contributed by atoms with Crippen molar-refractivity contribution in [2.45, 2.75) is 420 Å². The van der Waals surface area contributed by atoms with Crippen LogP contribution in [-0.2, 0) is 65.4 Å². The molecule has 0 amide bonds. The van der Waals surface area contributed by atoms with E-state index in [1.807, 2.05) is 0 Å². The van der Waals surface area contributed by atoms with Crippen LogP contribution in [0, 0.1) is 23.7 Å². The number of rotatable bonds is 76. The summed E-state index contributed by atoms with van der Waals surface area (Å²) in [5, 5.41) is 10.6. The maximum Gasteiger partial charge on any atom is 0.472 e. The molecular formula is C79H154O17P2. The Bertz CT molecular complexity index is 1920. The Balaban J connectivity index is 5.23. The maximum absolute atomic E-state index is 13.1. The Morgan fingerprint density at radius 3 is 0.633 bits per heavy atom. The Morgan fingerprint density at radius 1 is 0.255 bits per heavy atom. The van der Waals surface area contributed by atoms with E-state index in [1.54, 1.807) is 0 Å². The largest absolute Gasteiger partial charge is 0.472 e. The SMILES string of the molecule is CC(C)CCCCCCCCCCCCCCCCCC(=O)O[C@H](COC(=O)CCCCCCCCCCCCCC(C)C)COP(=O)(O)OCC(O)COP(=O)(O)OC[C@@H](COC(=O)CCCCCCCCC(C)C)OC(=O)CCCCCCCCCCCCCCCCC(C)C. The van der Waals surface area contributed by atoms with Gasteiger partial charge in [0.1, 0.15) is 19.3 Å². The van der Waals surface area contributed by atoms with E-state index in [0.717, 1.165) is 114 Å². The molecule has 98 heavy (non-hydrogen) atoms. The quantitative estimate of drug-likeness (QED) is 0.0222. The van der Waals surface area contributed by atoms with E-state index >= 15 is 0 Å². The summed E-state index contributed by atoms with van der Waals surface area (Å²) < 4.78 is 68.6. The van der Waals surface area contributed by atoms with Crippen LogP contribution in [0.4, 0.5) is 0 Å². The Hall–Kier alpha value is -1.94. The van der Waals surface area contributed by atoms with Gasteiger partial charge in [0.05, 0.1) is 26.4 Å². The summed E-state index contributed by atoms with van der Waals surface area (Å²) in [5.41, 5.74) is 0. The van der Waals surface area contributed by atoms with Gasteiger partial charge in [-0.05, 0) is 49.4 Å². The highest BCUT2D eigenvalue weighted by Crippen LogP contribution is 2.45. The molecule has 0 aliphatic rings. The highest BCUT2D eigenvalue weighted by Gasteiger charge is 2.30. The number of esters is 4. The van der Waals surface area contributed by atoms with E-state index in [2.05, 4.69) is 55.4 Å². The molecule has 0 rings (SSSR count). The summed E-state index contributed by atoms with van der Waals surface area (Å²) in [6, 6.07) is 0. The zero-order valence-electron chi connectivity index (χ0n) is 64.4. The summed E-state index contributed by atoms with van der Waals surface area (Å²) in [6.45, 7) is 14.2. The number of aliphatic hydroxyl groups is 1. The first kappa shape index (κ1) is 96.1. The average molecular weight is 1440 g/mol. The number of carbonyl (C=O) groups excluding carboxylic acids is 4. The predicted molar refractivity (Wildman–Crippen MR) is 400 cm³/mol. The smallest absolute Gasteiger partial charge is 0.462 e. The third-order valence-electron chi connectivity index (χ3n) is 18.3. The molecule has 0 aliphatic carbocycles. The van der Waals surface area contributed by atoms with Crippen LogP contribution >= 0.6 is 15.6 Å². The van der Waals surface area contributed by atoms with Gasteiger partial charge < -0.3 is 33.8 Å². The van der Waals surface area contributed by atoms with E-state index in [-0.39, 0.29) is 25.7 Å². The number of unbranched alkanes of at least 4 members (excludes halogenated alkanes) is 42.